The number of hydrogen-bond acceptors (Lipinski definition) is 4. The van der Waals surface area contributed by atoms with Crippen LogP contribution in [0.4, 0.5) is 0 Å². The van der Waals surface area contributed by atoms with Crippen molar-refractivity contribution in [3.05, 3.63) is 0 Å². The van der Waals surface area contributed by atoms with Crippen LogP contribution in [0.3, 0.4) is 0 Å². The quantitative estimate of drug-likeness (QED) is 0.370. The van der Waals surface area contributed by atoms with E-state index in [1.165, 1.54) is 19.3 Å². The fraction of sp³-hybridized carbons (Fsp3) is 1.00. The van der Waals surface area contributed by atoms with Crippen molar-refractivity contribution in [2.45, 2.75) is 50.1 Å². The molecule has 3 unspecified atom stereocenters. The molecule has 0 radical (unpaired) electrons. The van der Waals surface area contributed by atoms with Crippen LogP contribution in [-0.2, 0) is 18.9 Å². The molecule has 1 saturated carbocycles. The highest BCUT2D eigenvalue weighted by Crippen LogP contribution is 2.41. The highest BCUT2D eigenvalue weighted by atomic mass is 28.1. The molecule has 1 heterocycles. The molecule has 2 rings (SSSR count). The maximum Gasteiger partial charge on any atom is 0.191 e. The van der Waals surface area contributed by atoms with E-state index in [1.54, 1.807) is 14.2 Å². The Morgan fingerprint density at radius 2 is 2.00 bits per heavy atom. The first kappa shape index (κ1) is 14.5. The van der Waals surface area contributed by atoms with Crippen molar-refractivity contribution >= 4 is 10.2 Å². The fourth-order valence-electron chi connectivity index (χ4n) is 2.91. The standard InChI is InChI=1S/C13H26O4Si/c1-14-13(15-2,8-16-9-18)6-5-10-3-4-11-12(7-10)17-11/h10-12H,3-9H2,1-2,18H3. The summed E-state index contributed by atoms with van der Waals surface area (Å²) in [5.74, 6) is 0.209. The Bertz CT molecular complexity index is 257. The molecule has 2 aliphatic rings. The molecular formula is C13H26O4Si. The first-order chi connectivity index (χ1) is 8.73. The van der Waals surface area contributed by atoms with Gasteiger partial charge in [-0.3, -0.25) is 0 Å². The molecule has 106 valence electrons. The molecule has 1 saturated heterocycles. The molecule has 0 aromatic rings. The molecule has 1 aliphatic heterocycles. The summed E-state index contributed by atoms with van der Waals surface area (Å²) in [7, 11) is 4.47. The maximum atomic E-state index is 5.57. The van der Waals surface area contributed by atoms with Crippen LogP contribution in [0.25, 0.3) is 0 Å². The molecule has 0 bridgehead atoms. The van der Waals surface area contributed by atoms with Gasteiger partial charge >= 0.3 is 0 Å². The lowest BCUT2D eigenvalue weighted by atomic mass is 9.85. The molecule has 3 atom stereocenters. The number of hydrogen-bond donors (Lipinski definition) is 0. The van der Waals surface area contributed by atoms with Gasteiger partial charge in [0.05, 0.1) is 12.2 Å². The topological polar surface area (TPSA) is 40.2 Å². The summed E-state index contributed by atoms with van der Waals surface area (Å²) in [4.78, 5) is 0. The van der Waals surface area contributed by atoms with E-state index in [9.17, 15) is 0 Å². The molecule has 0 aromatic carbocycles. The summed E-state index contributed by atoms with van der Waals surface area (Å²) in [6, 6.07) is 0. The van der Waals surface area contributed by atoms with Crippen molar-refractivity contribution in [1.29, 1.82) is 0 Å². The average Bonchev–Trinajstić information content (AvgIpc) is 3.18. The van der Waals surface area contributed by atoms with Gasteiger partial charge in [0.25, 0.3) is 0 Å². The summed E-state index contributed by atoms with van der Waals surface area (Å²) in [6.45, 7) is 0.540. The normalized spacial score (nSPS) is 31.3. The van der Waals surface area contributed by atoms with E-state index in [2.05, 4.69) is 0 Å². The van der Waals surface area contributed by atoms with Gasteiger partial charge in [-0.2, -0.15) is 0 Å². The predicted octanol–water partition coefficient (Wildman–Crippen LogP) is 0.663. The van der Waals surface area contributed by atoms with Gasteiger partial charge in [-0.25, -0.2) is 0 Å². The largest absolute Gasteiger partial charge is 0.380 e. The van der Waals surface area contributed by atoms with Gasteiger partial charge in [0.15, 0.2) is 5.79 Å². The Balaban J connectivity index is 1.76. The third kappa shape index (κ3) is 3.54. The second-order valence-electron chi connectivity index (χ2n) is 5.39. The van der Waals surface area contributed by atoms with Crippen LogP contribution >= 0.6 is 0 Å². The van der Waals surface area contributed by atoms with Crippen molar-refractivity contribution in [2.75, 3.05) is 27.1 Å². The molecular weight excluding hydrogens is 248 g/mol. The van der Waals surface area contributed by atoms with E-state index in [0.29, 0.717) is 18.8 Å². The van der Waals surface area contributed by atoms with E-state index >= 15 is 0 Å². The monoisotopic (exact) mass is 274 g/mol. The smallest absolute Gasteiger partial charge is 0.191 e. The number of methoxy groups -OCH3 is 2. The van der Waals surface area contributed by atoms with Crippen LogP contribution in [0.2, 0.25) is 0 Å². The van der Waals surface area contributed by atoms with Crippen molar-refractivity contribution < 1.29 is 18.9 Å². The summed E-state index contributed by atoms with van der Waals surface area (Å²) in [5.41, 5.74) is 0. The maximum absolute atomic E-state index is 5.57. The van der Waals surface area contributed by atoms with Gasteiger partial charge in [0.1, 0.15) is 6.61 Å². The molecule has 2 fully saturated rings. The third-order valence-corrected chi connectivity index (χ3v) is 4.72. The minimum Gasteiger partial charge on any atom is -0.380 e. The predicted molar refractivity (Wildman–Crippen MR) is 72.7 cm³/mol. The van der Waals surface area contributed by atoms with Crippen molar-refractivity contribution in [1.82, 2.24) is 0 Å². The molecule has 0 aromatic heterocycles. The van der Waals surface area contributed by atoms with Crippen LogP contribution in [-0.4, -0.2) is 55.3 Å². The van der Waals surface area contributed by atoms with E-state index in [-0.39, 0.29) is 0 Å². The Hall–Kier alpha value is 0.0569. The lowest BCUT2D eigenvalue weighted by Gasteiger charge is -2.32. The van der Waals surface area contributed by atoms with Crippen LogP contribution in [0.5, 0.6) is 0 Å². The molecule has 0 spiro atoms. The fourth-order valence-corrected chi connectivity index (χ4v) is 3.11. The molecule has 1 aliphatic carbocycles. The average molecular weight is 274 g/mol. The van der Waals surface area contributed by atoms with Gasteiger partial charge in [-0.1, -0.05) is 0 Å². The summed E-state index contributed by atoms with van der Waals surface area (Å²) < 4.78 is 22.2. The molecule has 5 heteroatoms. The van der Waals surface area contributed by atoms with E-state index in [1.807, 2.05) is 0 Å². The van der Waals surface area contributed by atoms with Crippen molar-refractivity contribution in [3.8, 4) is 0 Å². The number of rotatable bonds is 8. The van der Waals surface area contributed by atoms with Crippen LogP contribution in [0.1, 0.15) is 32.1 Å². The molecule has 18 heavy (non-hydrogen) atoms. The van der Waals surface area contributed by atoms with E-state index in [0.717, 1.165) is 35.2 Å². The van der Waals surface area contributed by atoms with E-state index < -0.39 is 5.79 Å². The second-order valence-corrected chi connectivity index (χ2v) is 5.96. The number of fused-ring (bicyclic) bond motifs is 1. The zero-order valence-corrected chi connectivity index (χ0v) is 13.8. The van der Waals surface area contributed by atoms with Crippen LogP contribution in [0, 0.1) is 5.92 Å². The van der Waals surface area contributed by atoms with Gasteiger partial charge in [0, 0.05) is 37.1 Å². The minimum atomic E-state index is -0.550. The van der Waals surface area contributed by atoms with Gasteiger partial charge < -0.3 is 18.9 Å². The van der Waals surface area contributed by atoms with Crippen molar-refractivity contribution in [3.63, 3.8) is 0 Å². The highest BCUT2D eigenvalue weighted by Gasteiger charge is 2.44. The van der Waals surface area contributed by atoms with Gasteiger partial charge in [-0.05, 0) is 31.6 Å². The second kappa shape index (κ2) is 6.48. The van der Waals surface area contributed by atoms with Gasteiger partial charge in [0.2, 0.25) is 0 Å². The van der Waals surface area contributed by atoms with E-state index in [4.69, 9.17) is 18.9 Å². The van der Waals surface area contributed by atoms with Crippen molar-refractivity contribution in [2.24, 2.45) is 5.92 Å². The highest BCUT2D eigenvalue weighted by molar-refractivity contribution is 6.08. The number of ether oxygens (including phenoxy) is 4. The third-order valence-electron chi connectivity index (χ3n) is 4.32. The zero-order valence-electron chi connectivity index (χ0n) is 11.8. The molecule has 0 amide bonds. The Labute approximate surface area is 113 Å². The lowest BCUT2D eigenvalue weighted by molar-refractivity contribution is -0.237. The Kier molecular flexibility index (Phi) is 5.21. The summed E-state index contributed by atoms with van der Waals surface area (Å²) in [5, 5.41) is 0. The SMILES string of the molecule is COC(CCC1CCC2OC2C1)(COC[SiH3])OC. The molecule has 4 nitrogen and oxygen atoms in total. The lowest BCUT2D eigenvalue weighted by Crippen LogP contribution is -2.40. The van der Waals surface area contributed by atoms with Gasteiger partial charge in [-0.15, -0.1) is 0 Å². The summed E-state index contributed by atoms with van der Waals surface area (Å²) in [6.07, 6.45) is 7.75. The summed E-state index contributed by atoms with van der Waals surface area (Å²) >= 11 is 0. The first-order valence-electron chi connectivity index (χ1n) is 7.06. The first-order valence-corrected chi connectivity index (χ1v) is 8.48. The zero-order chi connectivity index (χ0) is 13.0. The number of epoxide rings is 1. The Morgan fingerprint density at radius 1 is 1.22 bits per heavy atom. The van der Waals surface area contributed by atoms with Crippen LogP contribution in [0.15, 0.2) is 0 Å². The minimum absolute atomic E-state index is 0.540. The molecule has 0 N–H and O–H groups in total. The van der Waals surface area contributed by atoms with Crippen LogP contribution < -0.4 is 0 Å². The Morgan fingerprint density at radius 3 is 2.61 bits per heavy atom.